The summed E-state index contributed by atoms with van der Waals surface area (Å²) in [6.07, 6.45) is 4.52. The molecule has 3 nitrogen and oxygen atoms in total. The van der Waals surface area contributed by atoms with E-state index in [1.165, 1.54) is 0 Å². The van der Waals surface area contributed by atoms with E-state index in [9.17, 15) is 5.11 Å². The van der Waals surface area contributed by atoms with E-state index in [2.05, 4.69) is 15.9 Å². The first kappa shape index (κ1) is 13.4. The first-order valence-corrected chi connectivity index (χ1v) is 7.60. The zero-order valence-corrected chi connectivity index (χ0v) is 12.6. The van der Waals surface area contributed by atoms with Crippen molar-refractivity contribution in [3.63, 3.8) is 0 Å². The van der Waals surface area contributed by atoms with Crippen LogP contribution in [0, 0.1) is 0 Å². The molecule has 1 aliphatic carbocycles. The first-order valence-electron chi connectivity index (χ1n) is 6.81. The van der Waals surface area contributed by atoms with Gasteiger partial charge in [0.1, 0.15) is 11.4 Å². The van der Waals surface area contributed by atoms with Gasteiger partial charge >= 0.3 is 0 Å². The number of methoxy groups -OCH3 is 1. The third-order valence-electron chi connectivity index (χ3n) is 4.31. The number of hydrogen-bond acceptors (Lipinski definition) is 3. The normalized spacial score (nSPS) is 33.8. The maximum absolute atomic E-state index is 10.4. The maximum atomic E-state index is 10.4. The summed E-state index contributed by atoms with van der Waals surface area (Å²) >= 11 is 3.44. The summed E-state index contributed by atoms with van der Waals surface area (Å²) in [6.45, 7) is 0. The average molecular weight is 327 g/mol. The van der Waals surface area contributed by atoms with Crippen molar-refractivity contribution < 1.29 is 14.6 Å². The molecular weight excluding hydrogens is 308 g/mol. The van der Waals surface area contributed by atoms with Crippen LogP contribution in [-0.2, 0) is 4.74 Å². The van der Waals surface area contributed by atoms with Crippen molar-refractivity contribution in [1.29, 1.82) is 0 Å². The molecule has 2 aliphatic rings. The van der Waals surface area contributed by atoms with E-state index in [0.29, 0.717) is 6.42 Å². The van der Waals surface area contributed by atoms with Gasteiger partial charge in [-0.15, -0.1) is 0 Å². The van der Waals surface area contributed by atoms with Crippen LogP contribution in [0.4, 0.5) is 0 Å². The lowest BCUT2D eigenvalue weighted by molar-refractivity contribution is -0.0796. The Morgan fingerprint density at radius 3 is 3.05 bits per heavy atom. The highest BCUT2D eigenvalue weighted by atomic mass is 79.9. The van der Waals surface area contributed by atoms with Crippen molar-refractivity contribution in [2.45, 2.75) is 49.9 Å². The second kappa shape index (κ2) is 5.08. The Balaban J connectivity index is 1.89. The lowest BCUT2D eigenvalue weighted by atomic mass is 9.76. The third-order valence-corrected chi connectivity index (χ3v) is 4.81. The molecule has 3 atom stereocenters. The van der Waals surface area contributed by atoms with Gasteiger partial charge in [0, 0.05) is 30.0 Å². The number of hydrogen-bond donors (Lipinski definition) is 1. The molecule has 0 saturated heterocycles. The van der Waals surface area contributed by atoms with Gasteiger partial charge in [0.05, 0.1) is 12.2 Å². The highest BCUT2D eigenvalue weighted by Gasteiger charge is 2.44. The second-order valence-electron chi connectivity index (χ2n) is 5.64. The van der Waals surface area contributed by atoms with Crippen molar-refractivity contribution in [2.24, 2.45) is 0 Å². The fraction of sp³-hybridized carbons (Fsp3) is 0.600. The Labute approximate surface area is 122 Å². The Morgan fingerprint density at radius 1 is 1.42 bits per heavy atom. The summed E-state index contributed by atoms with van der Waals surface area (Å²) in [4.78, 5) is 0. The quantitative estimate of drug-likeness (QED) is 0.857. The van der Waals surface area contributed by atoms with E-state index >= 15 is 0 Å². The van der Waals surface area contributed by atoms with Gasteiger partial charge in [0.2, 0.25) is 0 Å². The predicted molar refractivity (Wildman–Crippen MR) is 76.3 cm³/mol. The molecule has 0 bridgehead atoms. The summed E-state index contributed by atoms with van der Waals surface area (Å²) in [5.41, 5.74) is 0.638. The smallest absolute Gasteiger partial charge is 0.126 e. The Bertz CT molecular complexity index is 476. The van der Waals surface area contributed by atoms with Gasteiger partial charge in [-0.1, -0.05) is 15.9 Å². The molecule has 19 heavy (non-hydrogen) atoms. The van der Waals surface area contributed by atoms with Crippen LogP contribution in [0.15, 0.2) is 22.7 Å². The van der Waals surface area contributed by atoms with Crippen molar-refractivity contribution in [1.82, 2.24) is 0 Å². The molecule has 3 unspecified atom stereocenters. The minimum atomic E-state index is -0.447. The molecule has 104 valence electrons. The molecule has 1 fully saturated rings. The lowest BCUT2D eigenvalue weighted by Crippen LogP contribution is -2.46. The highest BCUT2D eigenvalue weighted by Crippen LogP contribution is 2.47. The summed E-state index contributed by atoms with van der Waals surface area (Å²) < 4.78 is 12.7. The van der Waals surface area contributed by atoms with E-state index in [4.69, 9.17) is 9.47 Å². The molecule has 0 aromatic heterocycles. The van der Waals surface area contributed by atoms with Crippen molar-refractivity contribution in [3.05, 3.63) is 28.2 Å². The minimum Gasteiger partial charge on any atom is -0.487 e. The van der Waals surface area contributed by atoms with Crippen LogP contribution in [0.5, 0.6) is 5.75 Å². The van der Waals surface area contributed by atoms with Crippen molar-refractivity contribution >= 4 is 15.9 Å². The number of halogens is 1. The third kappa shape index (κ3) is 2.54. The molecule has 1 aliphatic heterocycles. The number of benzene rings is 1. The molecule has 1 N–H and O–H groups in total. The molecule has 1 aromatic rings. The zero-order chi connectivity index (χ0) is 13.5. The van der Waals surface area contributed by atoms with Crippen molar-refractivity contribution in [3.8, 4) is 5.75 Å². The molecule has 0 radical (unpaired) electrons. The summed E-state index contributed by atoms with van der Waals surface area (Å²) in [5.74, 6) is 0.818. The summed E-state index contributed by atoms with van der Waals surface area (Å²) in [5, 5.41) is 10.4. The van der Waals surface area contributed by atoms with E-state index in [-0.39, 0.29) is 11.7 Å². The van der Waals surface area contributed by atoms with Crippen LogP contribution in [0.25, 0.3) is 0 Å². The van der Waals surface area contributed by atoms with Crippen LogP contribution in [0.1, 0.15) is 43.8 Å². The largest absolute Gasteiger partial charge is 0.487 e. The number of ether oxygens (including phenoxy) is 2. The van der Waals surface area contributed by atoms with Gasteiger partial charge in [-0.3, -0.25) is 0 Å². The molecule has 1 heterocycles. The standard InChI is InChI=1S/C15H19BrO3/c1-18-11-3-2-6-15(8-11)9-13(17)12-7-10(16)4-5-14(12)19-15/h4-5,7,11,13,17H,2-3,6,8-9H2,1H3. The van der Waals surface area contributed by atoms with Crippen LogP contribution < -0.4 is 4.74 Å². The maximum Gasteiger partial charge on any atom is 0.126 e. The molecule has 4 heteroatoms. The fourth-order valence-electron chi connectivity index (χ4n) is 3.36. The van der Waals surface area contributed by atoms with Crippen LogP contribution in [0.3, 0.4) is 0 Å². The monoisotopic (exact) mass is 326 g/mol. The fourth-order valence-corrected chi connectivity index (χ4v) is 3.74. The average Bonchev–Trinajstić information content (AvgIpc) is 2.40. The van der Waals surface area contributed by atoms with Gasteiger partial charge in [0.15, 0.2) is 0 Å². The molecule has 3 rings (SSSR count). The van der Waals surface area contributed by atoms with Crippen molar-refractivity contribution in [2.75, 3.05) is 7.11 Å². The summed E-state index contributed by atoms with van der Waals surface area (Å²) in [7, 11) is 1.76. The van der Waals surface area contributed by atoms with Gasteiger partial charge in [-0.2, -0.15) is 0 Å². The minimum absolute atomic E-state index is 0.248. The topological polar surface area (TPSA) is 38.7 Å². The molecular formula is C15H19BrO3. The summed E-state index contributed by atoms with van der Waals surface area (Å²) in [6, 6.07) is 5.85. The number of rotatable bonds is 1. The van der Waals surface area contributed by atoms with E-state index in [1.54, 1.807) is 7.11 Å². The molecule has 0 amide bonds. The zero-order valence-electron chi connectivity index (χ0n) is 11.1. The predicted octanol–water partition coefficient (Wildman–Crippen LogP) is 3.59. The first-order chi connectivity index (χ1) is 9.12. The van der Waals surface area contributed by atoms with Crippen LogP contribution in [-0.4, -0.2) is 23.9 Å². The Kier molecular flexibility index (Phi) is 3.58. The molecule has 1 saturated carbocycles. The van der Waals surface area contributed by atoms with E-state index < -0.39 is 6.10 Å². The van der Waals surface area contributed by atoms with E-state index in [1.807, 2.05) is 18.2 Å². The Morgan fingerprint density at radius 2 is 2.26 bits per heavy atom. The number of aliphatic hydroxyl groups excluding tert-OH is 1. The number of aliphatic hydroxyl groups is 1. The van der Waals surface area contributed by atoms with E-state index in [0.717, 1.165) is 41.5 Å². The van der Waals surface area contributed by atoms with Gasteiger partial charge in [-0.05, 0) is 37.5 Å². The number of fused-ring (bicyclic) bond motifs is 1. The van der Waals surface area contributed by atoms with Gasteiger partial charge in [0.25, 0.3) is 0 Å². The molecule has 1 aromatic carbocycles. The molecule has 1 spiro atoms. The SMILES string of the molecule is COC1CCCC2(C1)CC(O)c1cc(Br)ccc1O2. The van der Waals surface area contributed by atoms with Gasteiger partial charge in [-0.25, -0.2) is 0 Å². The lowest BCUT2D eigenvalue weighted by Gasteiger charge is -2.45. The second-order valence-corrected chi connectivity index (χ2v) is 6.56. The van der Waals surface area contributed by atoms with Crippen LogP contribution >= 0.6 is 15.9 Å². The highest BCUT2D eigenvalue weighted by molar-refractivity contribution is 9.10. The van der Waals surface area contributed by atoms with Crippen LogP contribution in [0.2, 0.25) is 0 Å². The Hall–Kier alpha value is -0.580. The van der Waals surface area contributed by atoms with Gasteiger partial charge < -0.3 is 14.6 Å².